The Morgan fingerprint density at radius 2 is 1.05 bits per heavy atom. The molecule has 0 aliphatic heterocycles. The van der Waals surface area contributed by atoms with Gasteiger partial charge in [-0.15, -0.1) is 0 Å². The predicted octanol–water partition coefficient (Wildman–Crippen LogP) is 6.23. The summed E-state index contributed by atoms with van der Waals surface area (Å²) in [6, 6.07) is 7.16. The van der Waals surface area contributed by atoms with E-state index in [2.05, 4.69) is 9.97 Å². The van der Waals surface area contributed by atoms with E-state index in [4.69, 9.17) is 60.9 Å². The predicted molar refractivity (Wildman–Crippen MR) is 81.9 cm³/mol. The maximum atomic E-state index is 5.48. The molecule has 0 radical (unpaired) electrons. The van der Waals surface area contributed by atoms with Crippen LogP contribution in [0.1, 0.15) is 0 Å². The molecule has 9 heteroatoms. The van der Waals surface area contributed by atoms with Crippen LogP contribution in [-0.2, 0) is 11.9 Å². The number of halogens is 6. The van der Waals surface area contributed by atoms with Crippen molar-refractivity contribution in [1.29, 1.82) is 0 Å². The van der Waals surface area contributed by atoms with Gasteiger partial charge >= 0.3 is 49.6 Å². The molecule has 2 aromatic heterocycles. The fourth-order valence-corrected chi connectivity index (χ4v) is 0.942. The van der Waals surface area contributed by atoms with Gasteiger partial charge in [-0.2, -0.15) is 0 Å². The number of nitrogens with zero attached hydrogens (tertiary/aromatic N) is 2. The third-order valence-corrected chi connectivity index (χ3v) is 1.70. The Balaban J connectivity index is 0.000000261. The third-order valence-electron chi connectivity index (χ3n) is 1.25. The van der Waals surface area contributed by atoms with Crippen LogP contribution in [0.5, 0.6) is 0 Å². The first-order valence-electron chi connectivity index (χ1n) is 4.38. The SMILES string of the molecule is Clc1cccnc1.Clc1cccnc1.[Cl][Pt]([Cl])([Cl])[Cl]. The van der Waals surface area contributed by atoms with Crippen molar-refractivity contribution >= 4 is 60.9 Å². The van der Waals surface area contributed by atoms with Crippen LogP contribution < -0.4 is 0 Å². The Labute approximate surface area is 140 Å². The molecule has 2 rings (SSSR count). The molecule has 2 heterocycles. The fraction of sp³-hybridized carbons (Fsp3) is 0. The minimum atomic E-state index is -3.06. The molecule has 2 nitrogen and oxygen atoms in total. The Morgan fingerprint density at radius 3 is 1.16 bits per heavy atom. The summed E-state index contributed by atoms with van der Waals surface area (Å²) in [6.07, 6.45) is 6.57. The molecular weight excluding hydrogens is 556 g/mol. The van der Waals surface area contributed by atoms with Gasteiger partial charge in [0.15, 0.2) is 0 Å². The summed E-state index contributed by atoms with van der Waals surface area (Å²) in [5.41, 5.74) is 0. The van der Waals surface area contributed by atoms with Gasteiger partial charge in [-0.05, 0) is 24.3 Å². The Hall–Kier alpha value is 0.728. The molecule has 0 aliphatic rings. The molecule has 110 valence electrons. The van der Waals surface area contributed by atoms with Crippen molar-refractivity contribution in [3.8, 4) is 0 Å². The second-order valence-corrected chi connectivity index (χ2v) is 23.2. The van der Waals surface area contributed by atoms with Crippen LogP contribution >= 0.6 is 60.9 Å². The Bertz CT molecular complexity index is 393. The molecular formula is C10H8Cl6N2Pt. The van der Waals surface area contributed by atoms with Crippen LogP contribution in [0.15, 0.2) is 49.1 Å². The van der Waals surface area contributed by atoms with Gasteiger partial charge in [0.1, 0.15) is 0 Å². The first-order chi connectivity index (χ1) is 8.79. The van der Waals surface area contributed by atoms with Gasteiger partial charge in [-0.3, -0.25) is 9.97 Å². The summed E-state index contributed by atoms with van der Waals surface area (Å²) in [4.78, 5) is 7.50. The topological polar surface area (TPSA) is 25.8 Å². The fourth-order valence-electron chi connectivity index (χ4n) is 0.684. The molecule has 2 aromatic rings. The molecule has 0 atom stereocenters. The monoisotopic (exact) mass is 561 g/mol. The molecule has 0 saturated heterocycles. The first-order valence-corrected chi connectivity index (χ1v) is 16.4. The third kappa shape index (κ3) is 18.7. The van der Waals surface area contributed by atoms with Crippen molar-refractivity contribution in [3.63, 3.8) is 0 Å². The van der Waals surface area contributed by atoms with Gasteiger partial charge in [0, 0.05) is 24.8 Å². The van der Waals surface area contributed by atoms with Crippen LogP contribution in [0.3, 0.4) is 0 Å². The zero-order valence-electron chi connectivity index (χ0n) is 9.10. The summed E-state index contributed by atoms with van der Waals surface area (Å²) in [5.74, 6) is 0. The average Bonchev–Trinajstić information content (AvgIpc) is 2.29. The number of pyridine rings is 2. The van der Waals surface area contributed by atoms with E-state index >= 15 is 0 Å². The minimum absolute atomic E-state index is 0.683. The van der Waals surface area contributed by atoms with E-state index in [1.807, 2.05) is 0 Å². The van der Waals surface area contributed by atoms with Gasteiger partial charge in [0.05, 0.1) is 10.0 Å². The summed E-state index contributed by atoms with van der Waals surface area (Å²) in [7, 11) is 20.0. The second kappa shape index (κ2) is 11.4. The molecule has 0 fully saturated rings. The van der Waals surface area contributed by atoms with Crippen molar-refractivity contribution in [2.75, 3.05) is 0 Å². The average molecular weight is 564 g/mol. The maximum absolute atomic E-state index is 5.48. The van der Waals surface area contributed by atoms with Gasteiger partial charge in [-0.25, -0.2) is 0 Å². The van der Waals surface area contributed by atoms with E-state index in [1.54, 1.807) is 49.1 Å². The molecule has 0 spiro atoms. The van der Waals surface area contributed by atoms with Crippen molar-refractivity contribution in [2.24, 2.45) is 0 Å². The zero-order valence-corrected chi connectivity index (χ0v) is 15.9. The molecule has 0 N–H and O–H groups in total. The quantitative estimate of drug-likeness (QED) is 0.380. The van der Waals surface area contributed by atoms with Crippen LogP contribution in [0, 0.1) is 0 Å². The Morgan fingerprint density at radius 1 is 0.737 bits per heavy atom. The molecule has 0 aliphatic carbocycles. The number of hydrogen-bond donors (Lipinski definition) is 0. The second-order valence-electron chi connectivity index (χ2n) is 2.61. The molecule has 0 bridgehead atoms. The van der Waals surface area contributed by atoms with Crippen molar-refractivity contribution < 1.29 is 11.9 Å². The number of hydrogen-bond acceptors (Lipinski definition) is 2. The van der Waals surface area contributed by atoms with E-state index in [-0.39, 0.29) is 0 Å². The first kappa shape index (κ1) is 19.7. The Kier molecular flexibility index (Phi) is 11.8. The number of aromatic nitrogens is 2. The zero-order chi connectivity index (χ0) is 14.7. The van der Waals surface area contributed by atoms with Crippen LogP contribution in [0.25, 0.3) is 0 Å². The van der Waals surface area contributed by atoms with Gasteiger partial charge < -0.3 is 0 Å². The molecule has 0 unspecified atom stereocenters. The van der Waals surface area contributed by atoms with Crippen LogP contribution in [0.4, 0.5) is 0 Å². The summed E-state index contributed by atoms with van der Waals surface area (Å²) in [6.45, 7) is 0. The molecule has 0 amide bonds. The van der Waals surface area contributed by atoms with Crippen molar-refractivity contribution in [1.82, 2.24) is 9.97 Å². The van der Waals surface area contributed by atoms with Gasteiger partial charge in [0.25, 0.3) is 0 Å². The van der Waals surface area contributed by atoms with Gasteiger partial charge in [0.2, 0.25) is 0 Å². The van der Waals surface area contributed by atoms with E-state index in [1.165, 1.54) is 0 Å². The van der Waals surface area contributed by atoms with Crippen LogP contribution in [-0.4, -0.2) is 9.97 Å². The van der Waals surface area contributed by atoms with Crippen molar-refractivity contribution in [2.45, 2.75) is 0 Å². The standard InChI is InChI=1S/2C5H4ClN.4ClH.Pt/c2*6-5-2-1-3-7-4-5;;;;;/h2*1-4H;4*1H;/q;;;;;;+4/p-4. The van der Waals surface area contributed by atoms with E-state index in [0.29, 0.717) is 10.0 Å². The summed E-state index contributed by atoms with van der Waals surface area (Å²) >= 11 is 7.90. The van der Waals surface area contributed by atoms with Crippen molar-refractivity contribution in [3.05, 3.63) is 59.1 Å². The number of rotatable bonds is 0. The van der Waals surface area contributed by atoms with E-state index < -0.39 is 11.9 Å². The molecule has 0 aromatic carbocycles. The van der Waals surface area contributed by atoms with Crippen LogP contribution in [0.2, 0.25) is 10.0 Å². The molecule has 0 saturated carbocycles. The van der Waals surface area contributed by atoms with E-state index in [0.717, 1.165) is 0 Å². The summed E-state index contributed by atoms with van der Waals surface area (Å²) < 4.78 is 0. The molecule has 19 heavy (non-hydrogen) atoms. The van der Waals surface area contributed by atoms with E-state index in [9.17, 15) is 0 Å². The van der Waals surface area contributed by atoms with Gasteiger partial charge in [-0.1, -0.05) is 23.2 Å². The summed E-state index contributed by atoms with van der Waals surface area (Å²) in [5, 5.41) is 1.37. The normalized spacial score (nSPS) is 10.4.